The van der Waals surface area contributed by atoms with Gasteiger partial charge in [-0.25, -0.2) is 0 Å². The van der Waals surface area contributed by atoms with E-state index in [4.69, 9.17) is 11.5 Å². The molecule has 2 atom stereocenters. The number of aliphatic hydroxyl groups is 1. The predicted molar refractivity (Wildman–Crippen MR) is 71.2 cm³/mol. The molecule has 6 N–H and O–H groups in total. The Morgan fingerprint density at radius 1 is 1.47 bits per heavy atom. The molecule has 1 aromatic carbocycles. The van der Waals surface area contributed by atoms with E-state index >= 15 is 0 Å². The average molecular weight is 265 g/mol. The van der Waals surface area contributed by atoms with Crippen molar-refractivity contribution in [1.82, 2.24) is 4.90 Å². The Morgan fingerprint density at radius 2 is 2.21 bits per heavy atom. The van der Waals surface area contributed by atoms with Crippen LogP contribution in [0, 0.1) is 0 Å². The van der Waals surface area contributed by atoms with Gasteiger partial charge in [-0.3, -0.25) is 4.79 Å². The molecule has 6 nitrogen and oxygen atoms in total. The minimum atomic E-state index is -0.681. The Labute approximate surface area is 111 Å². The van der Waals surface area contributed by atoms with Crippen LogP contribution in [0.1, 0.15) is 18.4 Å². The number of carbonyl (C=O) groups is 1. The third kappa shape index (κ3) is 2.97. The van der Waals surface area contributed by atoms with Gasteiger partial charge in [0, 0.05) is 12.2 Å². The number of anilines is 1. The minimum absolute atomic E-state index is 0.0694. The molecule has 0 aromatic heterocycles. The maximum atomic E-state index is 12.2. The molecule has 1 aliphatic rings. The molecule has 104 valence electrons. The Balaban J connectivity index is 2.10. The van der Waals surface area contributed by atoms with Crippen molar-refractivity contribution in [3.63, 3.8) is 0 Å². The van der Waals surface area contributed by atoms with Gasteiger partial charge in [0.05, 0.1) is 12.5 Å². The number of amides is 1. The van der Waals surface area contributed by atoms with Crippen molar-refractivity contribution in [2.45, 2.75) is 31.5 Å². The van der Waals surface area contributed by atoms with Crippen molar-refractivity contribution >= 4 is 11.6 Å². The number of hydrogen-bond donors (Lipinski definition) is 4. The number of nitrogens with zero attached hydrogens (tertiary/aromatic N) is 1. The summed E-state index contributed by atoms with van der Waals surface area (Å²) in [4.78, 5) is 13.7. The van der Waals surface area contributed by atoms with E-state index in [2.05, 4.69) is 0 Å². The van der Waals surface area contributed by atoms with Gasteiger partial charge in [0.1, 0.15) is 11.9 Å². The Hall–Kier alpha value is -1.79. The molecule has 1 heterocycles. The Bertz CT molecular complexity index is 478. The number of piperidine rings is 1. The topological polar surface area (TPSA) is 113 Å². The summed E-state index contributed by atoms with van der Waals surface area (Å²) in [6.45, 7) is 0.537. The Kier molecular flexibility index (Phi) is 3.92. The van der Waals surface area contributed by atoms with Crippen LogP contribution in [-0.4, -0.2) is 39.8 Å². The number of carbonyl (C=O) groups excluding carboxylic acids is 1. The fraction of sp³-hybridized carbons (Fsp3) is 0.462. The molecular formula is C13H19N3O3. The van der Waals surface area contributed by atoms with E-state index < -0.39 is 12.3 Å². The number of likely N-dealkylation sites (tertiary alicyclic amines) is 1. The molecule has 1 saturated heterocycles. The highest BCUT2D eigenvalue weighted by Gasteiger charge is 2.30. The lowest BCUT2D eigenvalue weighted by Gasteiger charge is -2.36. The van der Waals surface area contributed by atoms with Crippen LogP contribution >= 0.6 is 0 Å². The van der Waals surface area contributed by atoms with Crippen molar-refractivity contribution in [3.05, 3.63) is 23.8 Å². The number of hydrogen-bond acceptors (Lipinski definition) is 5. The molecule has 0 aliphatic carbocycles. The average Bonchev–Trinajstić information content (AvgIpc) is 2.37. The number of aliphatic hydroxyl groups excluding tert-OH is 1. The van der Waals surface area contributed by atoms with E-state index in [0.717, 1.165) is 6.42 Å². The van der Waals surface area contributed by atoms with E-state index in [1.807, 2.05) is 0 Å². The summed E-state index contributed by atoms with van der Waals surface area (Å²) in [7, 11) is 0. The third-order valence-corrected chi connectivity index (χ3v) is 3.44. The fourth-order valence-corrected chi connectivity index (χ4v) is 2.30. The van der Waals surface area contributed by atoms with E-state index in [0.29, 0.717) is 24.2 Å². The van der Waals surface area contributed by atoms with Crippen LogP contribution in [0.4, 0.5) is 5.69 Å². The molecule has 0 spiro atoms. The SMILES string of the molecule is Nc1ccc(O)cc1CC(=O)N1CCCC(O)C1N. The summed E-state index contributed by atoms with van der Waals surface area (Å²) in [6.07, 6.45) is 0.0645. The zero-order valence-corrected chi connectivity index (χ0v) is 10.6. The van der Waals surface area contributed by atoms with Crippen molar-refractivity contribution in [2.75, 3.05) is 12.3 Å². The number of rotatable bonds is 2. The second kappa shape index (κ2) is 5.46. The quantitative estimate of drug-likeness (QED) is 0.436. The maximum Gasteiger partial charge on any atom is 0.228 e. The van der Waals surface area contributed by atoms with Crippen LogP contribution in [0.25, 0.3) is 0 Å². The molecule has 0 saturated carbocycles. The van der Waals surface area contributed by atoms with Crippen molar-refractivity contribution in [2.24, 2.45) is 5.73 Å². The van der Waals surface area contributed by atoms with Crippen molar-refractivity contribution in [1.29, 1.82) is 0 Å². The first kappa shape index (κ1) is 13.6. The van der Waals surface area contributed by atoms with Gasteiger partial charge in [0.15, 0.2) is 0 Å². The smallest absolute Gasteiger partial charge is 0.228 e. The van der Waals surface area contributed by atoms with E-state index in [-0.39, 0.29) is 18.1 Å². The summed E-state index contributed by atoms with van der Waals surface area (Å²) in [5, 5.41) is 19.1. The monoisotopic (exact) mass is 265 g/mol. The number of nitrogens with two attached hydrogens (primary N) is 2. The van der Waals surface area contributed by atoms with E-state index in [1.165, 1.54) is 17.0 Å². The van der Waals surface area contributed by atoms with Crippen LogP contribution in [0.5, 0.6) is 5.75 Å². The number of phenols is 1. The molecule has 1 aliphatic heterocycles. The van der Waals surface area contributed by atoms with Crippen LogP contribution in [-0.2, 0) is 11.2 Å². The zero-order valence-electron chi connectivity index (χ0n) is 10.6. The second-order valence-electron chi connectivity index (χ2n) is 4.85. The summed E-state index contributed by atoms with van der Waals surface area (Å²) in [5.41, 5.74) is 12.6. The van der Waals surface area contributed by atoms with Gasteiger partial charge >= 0.3 is 0 Å². The van der Waals surface area contributed by atoms with Gasteiger partial charge in [-0.05, 0) is 36.6 Å². The van der Waals surface area contributed by atoms with Gasteiger partial charge < -0.3 is 26.6 Å². The highest BCUT2D eigenvalue weighted by Crippen LogP contribution is 2.21. The predicted octanol–water partition coefficient (Wildman–Crippen LogP) is -0.215. The molecule has 19 heavy (non-hydrogen) atoms. The summed E-state index contributed by atoms with van der Waals surface area (Å²) in [6, 6.07) is 4.50. The summed E-state index contributed by atoms with van der Waals surface area (Å²) < 4.78 is 0. The normalized spacial score (nSPS) is 23.4. The first-order valence-corrected chi connectivity index (χ1v) is 6.29. The van der Waals surface area contributed by atoms with Crippen LogP contribution in [0.3, 0.4) is 0 Å². The third-order valence-electron chi connectivity index (χ3n) is 3.44. The Morgan fingerprint density at radius 3 is 2.95 bits per heavy atom. The van der Waals surface area contributed by atoms with Gasteiger partial charge in [0.2, 0.25) is 5.91 Å². The molecule has 1 aromatic rings. The maximum absolute atomic E-state index is 12.2. The molecular weight excluding hydrogens is 246 g/mol. The highest BCUT2D eigenvalue weighted by molar-refractivity contribution is 5.81. The molecule has 2 unspecified atom stereocenters. The van der Waals surface area contributed by atoms with E-state index in [1.54, 1.807) is 6.07 Å². The minimum Gasteiger partial charge on any atom is -0.508 e. The number of aromatic hydroxyl groups is 1. The highest BCUT2D eigenvalue weighted by atomic mass is 16.3. The molecule has 1 fully saturated rings. The summed E-state index contributed by atoms with van der Waals surface area (Å²) in [5.74, 6) is -0.122. The fourth-order valence-electron chi connectivity index (χ4n) is 2.30. The van der Waals surface area contributed by atoms with Crippen molar-refractivity contribution < 1.29 is 15.0 Å². The zero-order chi connectivity index (χ0) is 14.0. The number of nitrogen functional groups attached to an aromatic ring is 1. The van der Waals surface area contributed by atoms with Crippen LogP contribution in [0.15, 0.2) is 18.2 Å². The van der Waals surface area contributed by atoms with Crippen LogP contribution < -0.4 is 11.5 Å². The lowest BCUT2D eigenvalue weighted by Crippen LogP contribution is -2.56. The van der Waals surface area contributed by atoms with E-state index in [9.17, 15) is 15.0 Å². The second-order valence-corrected chi connectivity index (χ2v) is 4.85. The molecule has 1 amide bonds. The lowest BCUT2D eigenvalue weighted by atomic mass is 10.0. The summed E-state index contributed by atoms with van der Waals surface area (Å²) >= 11 is 0. The molecule has 0 radical (unpaired) electrons. The van der Waals surface area contributed by atoms with Gasteiger partial charge in [-0.2, -0.15) is 0 Å². The standard InChI is InChI=1S/C13H19N3O3/c14-10-4-3-9(17)6-8(10)7-12(19)16-5-1-2-11(18)13(16)15/h3-4,6,11,13,17-18H,1-2,5,7,14-15H2. The van der Waals surface area contributed by atoms with Crippen molar-refractivity contribution in [3.8, 4) is 5.75 Å². The molecule has 0 bridgehead atoms. The molecule has 6 heteroatoms. The largest absolute Gasteiger partial charge is 0.508 e. The first-order chi connectivity index (χ1) is 8.99. The van der Waals surface area contributed by atoms with Gasteiger partial charge in [-0.1, -0.05) is 0 Å². The van der Waals surface area contributed by atoms with Gasteiger partial charge in [0.25, 0.3) is 0 Å². The lowest BCUT2D eigenvalue weighted by molar-refractivity contribution is -0.137. The number of benzene rings is 1. The van der Waals surface area contributed by atoms with Gasteiger partial charge in [-0.15, -0.1) is 0 Å². The first-order valence-electron chi connectivity index (χ1n) is 6.29. The van der Waals surface area contributed by atoms with Crippen LogP contribution in [0.2, 0.25) is 0 Å². The molecule has 2 rings (SSSR count). The number of phenolic OH excluding ortho intramolecular Hbond substituents is 1.